The van der Waals surface area contributed by atoms with Crippen molar-refractivity contribution in [3.05, 3.63) is 82.4 Å². The number of fused-ring (bicyclic) bond motifs is 1. The van der Waals surface area contributed by atoms with Crippen LogP contribution in [0.15, 0.2) is 71.7 Å². The molecule has 4 saturated heterocycles. The summed E-state index contributed by atoms with van der Waals surface area (Å²) in [5.41, 5.74) is 4.88. The molecule has 1 atom stereocenters. The molecule has 18 heteroatoms. The summed E-state index contributed by atoms with van der Waals surface area (Å²) in [5, 5.41) is 10.00. The Morgan fingerprint density at radius 3 is 2.32 bits per heavy atom. The van der Waals surface area contributed by atoms with Gasteiger partial charge < -0.3 is 34.6 Å². The summed E-state index contributed by atoms with van der Waals surface area (Å²) in [6.45, 7) is 12.8. The van der Waals surface area contributed by atoms with E-state index in [-0.39, 0.29) is 18.0 Å². The number of aryl methyl sites for hydroxylation is 1. The summed E-state index contributed by atoms with van der Waals surface area (Å²) < 4.78 is 21.9. The maximum Gasteiger partial charge on any atom is 0.329 e. The molecule has 0 aliphatic carbocycles. The van der Waals surface area contributed by atoms with E-state index >= 15 is 0 Å². The minimum absolute atomic E-state index is 0.224. The highest BCUT2D eigenvalue weighted by Crippen LogP contribution is 2.39. The Kier molecular flexibility index (Phi) is 12.0. The Balaban J connectivity index is 0.740. The van der Waals surface area contributed by atoms with Crippen LogP contribution in [0.5, 0.6) is 5.75 Å². The Labute approximate surface area is 371 Å². The Morgan fingerprint density at radius 1 is 0.857 bits per heavy atom. The third kappa shape index (κ3) is 8.91. The van der Waals surface area contributed by atoms with Gasteiger partial charge in [0.2, 0.25) is 17.8 Å². The molecule has 9 rings (SSSR count). The highest BCUT2D eigenvalue weighted by atomic mass is 35.5. The van der Waals surface area contributed by atoms with Gasteiger partial charge in [0, 0.05) is 107 Å². The molecule has 2 amide bonds. The molecule has 0 spiro atoms. The number of imidazole rings is 1. The average molecular weight is 896 g/mol. The summed E-state index contributed by atoms with van der Waals surface area (Å²) in [5.74, 6) is 1.32. The number of hydrogen-bond acceptors (Lipinski definition) is 13. The van der Waals surface area contributed by atoms with Crippen molar-refractivity contribution < 1.29 is 18.9 Å². The SMILES string of the molecule is COc1cc(N2CCC(N3CCN(CC4CN(c5ccc6c(c5)n(C)c(=O)n6C5CCC(=O)NC5=O)C4)CC3)CC2)ccc1Nc1ncc(Cl)c(Nc2ccccc2P(C)(C)=O)n1. The molecule has 3 aromatic carbocycles. The number of halogens is 1. The van der Waals surface area contributed by atoms with Gasteiger partial charge in [-0.2, -0.15) is 4.98 Å². The second-order valence-corrected chi connectivity index (χ2v) is 21.2. The zero-order valence-corrected chi connectivity index (χ0v) is 37.9. The minimum Gasteiger partial charge on any atom is -0.494 e. The number of rotatable bonds is 12. The molecule has 5 aromatic rings. The molecule has 4 aliphatic heterocycles. The number of anilines is 6. The molecule has 332 valence electrons. The quantitative estimate of drug-likeness (QED) is 0.111. The van der Waals surface area contributed by atoms with Crippen molar-refractivity contribution in [3.63, 3.8) is 0 Å². The summed E-state index contributed by atoms with van der Waals surface area (Å²) in [6, 6.07) is 19.6. The van der Waals surface area contributed by atoms with Crippen LogP contribution >= 0.6 is 18.7 Å². The topological polar surface area (TPSA) is 162 Å². The van der Waals surface area contributed by atoms with E-state index in [1.807, 2.05) is 42.5 Å². The number of hydrogen-bond donors (Lipinski definition) is 3. The molecule has 6 heterocycles. The first-order chi connectivity index (χ1) is 30.3. The number of nitrogens with zero attached hydrogens (tertiary/aromatic N) is 8. The van der Waals surface area contributed by atoms with Crippen LogP contribution in [0.4, 0.5) is 34.5 Å². The van der Waals surface area contributed by atoms with Crippen molar-refractivity contribution in [1.29, 1.82) is 0 Å². The monoisotopic (exact) mass is 895 g/mol. The fraction of sp³-hybridized carbons (Fsp3) is 0.444. The van der Waals surface area contributed by atoms with Crippen LogP contribution in [0.3, 0.4) is 0 Å². The number of para-hydroxylation sites is 1. The van der Waals surface area contributed by atoms with Crippen molar-refractivity contribution in [2.75, 3.05) is 99.8 Å². The fourth-order valence-corrected chi connectivity index (χ4v) is 10.9. The zero-order chi connectivity index (χ0) is 44.0. The van der Waals surface area contributed by atoms with Crippen LogP contribution in [0.1, 0.15) is 31.7 Å². The lowest BCUT2D eigenvalue weighted by molar-refractivity contribution is -0.135. The highest BCUT2D eigenvalue weighted by Gasteiger charge is 2.34. The number of aromatic nitrogens is 4. The zero-order valence-electron chi connectivity index (χ0n) is 36.2. The van der Waals surface area contributed by atoms with E-state index in [0.29, 0.717) is 52.1 Å². The van der Waals surface area contributed by atoms with Gasteiger partial charge in [-0.3, -0.25) is 28.9 Å². The van der Waals surface area contributed by atoms with E-state index in [0.717, 1.165) is 99.6 Å². The van der Waals surface area contributed by atoms with Gasteiger partial charge in [0.1, 0.15) is 24.0 Å². The maximum absolute atomic E-state index is 13.2. The van der Waals surface area contributed by atoms with Gasteiger partial charge in [0.05, 0.1) is 35.7 Å². The van der Waals surface area contributed by atoms with E-state index < -0.39 is 19.1 Å². The van der Waals surface area contributed by atoms with Crippen molar-refractivity contribution in [2.24, 2.45) is 13.0 Å². The number of piperidine rings is 2. The van der Waals surface area contributed by atoms with Crippen LogP contribution in [-0.4, -0.2) is 126 Å². The molecule has 1 unspecified atom stereocenters. The maximum atomic E-state index is 13.2. The third-order valence-corrected chi connectivity index (χ3v) is 14.9. The second-order valence-electron chi connectivity index (χ2n) is 17.6. The predicted molar refractivity (Wildman–Crippen MR) is 250 cm³/mol. The van der Waals surface area contributed by atoms with Gasteiger partial charge in [0.25, 0.3) is 0 Å². The van der Waals surface area contributed by atoms with Gasteiger partial charge >= 0.3 is 5.69 Å². The second kappa shape index (κ2) is 17.6. The van der Waals surface area contributed by atoms with Crippen molar-refractivity contribution in [2.45, 2.75) is 37.8 Å². The summed E-state index contributed by atoms with van der Waals surface area (Å²) in [4.78, 5) is 56.7. The van der Waals surface area contributed by atoms with Gasteiger partial charge in [-0.15, -0.1) is 0 Å². The van der Waals surface area contributed by atoms with E-state index in [9.17, 15) is 18.9 Å². The predicted octanol–water partition coefficient (Wildman–Crippen LogP) is 5.23. The normalized spacial score (nSPS) is 19.6. The first-order valence-electron chi connectivity index (χ1n) is 21.7. The molecule has 0 radical (unpaired) electrons. The van der Waals surface area contributed by atoms with E-state index in [1.165, 1.54) is 10.8 Å². The molecule has 63 heavy (non-hydrogen) atoms. The van der Waals surface area contributed by atoms with Gasteiger partial charge in [-0.05, 0) is 75.1 Å². The van der Waals surface area contributed by atoms with Crippen LogP contribution in [0.25, 0.3) is 11.0 Å². The molecule has 4 aliphatic rings. The molecule has 0 saturated carbocycles. The van der Waals surface area contributed by atoms with Crippen LogP contribution in [-0.2, 0) is 21.2 Å². The van der Waals surface area contributed by atoms with Crippen molar-refractivity contribution in [3.8, 4) is 5.75 Å². The molecular weight excluding hydrogens is 841 g/mol. The lowest BCUT2D eigenvalue weighted by atomic mass is 9.97. The Hall–Kier alpha value is -5.41. The summed E-state index contributed by atoms with van der Waals surface area (Å²) >= 11 is 6.49. The van der Waals surface area contributed by atoms with Crippen LogP contribution in [0.2, 0.25) is 5.02 Å². The van der Waals surface area contributed by atoms with Gasteiger partial charge in [-0.1, -0.05) is 23.7 Å². The number of carbonyl (C=O) groups excluding carboxylic acids is 2. The number of methoxy groups -OCH3 is 1. The first-order valence-corrected chi connectivity index (χ1v) is 24.7. The largest absolute Gasteiger partial charge is 0.494 e. The lowest BCUT2D eigenvalue weighted by Crippen LogP contribution is -2.57. The lowest BCUT2D eigenvalue weighted by Gasteiger charge is -2.46. The summed E-state index contributed by atoms with van der Waals surface area (Å²) in [7, 11) is 0.856. The number of ether oxygens (including phenoxy) is 1. The third-order valence-electron chi connectivity index (χ3n) is 13.1. The number of benzene rings is 3. The van der Waals surface area contributed by atoms with E-state index in [4.69, 9.17) is 16.3 Å². The van der Waals surface area contributed by atoms with Crippen molar-refractivity contribution in [1.82, 2.24) is 34.2 Å². The van der Waals surface area contributed by atoms with Crippen LogP contribution < -0.4 is 41.5 Å². The molecular formula is C45H55ClN11O5P. The Bertz CT molecular complexity index is 2640. The molecule has 0 bridgehead atoms. The molecule has 3 N–H and O–H groups in total. The van der Waals surface area contributed by atoms with E-state index in [1.54, 1.807) is 32.1 Å². The highest BCUT2D eigenvalue weighted by molar-refractivity contribution is 7.70. The number of amides is 2. The molecule has 4 fully saturated rings. The number of imide groups is 1. The Morgan fingerprint density at radius 2 is 1.59 bits per heavy atom. The minimum atomic E-state index is -2.55. The standard InChI is InChI=1S/C45H55ClN11O5P/c1-52-38-23-31(10-12-36(38)57(45(52)60)37-13-14-41(58)50-43(37)59)56-27-29(28-56)26-53-19-21-55(22-20-53)30-15-17-54(18-16-30)32-9-11-34(39(24-32)62-2)49-44-47-25-33(46)42(51-44)48-35-7-5-6-8-40(35)63(3,4)61/h5-12,23-25,29-30,37H,13-22,26-28H2,1-4H3,(H,50,58,59)(H2,47,48,49,51). The number of nitrogens with one attached hydrogen (secondary N) is 3. The average Bonchev–Trinajstić information content (AvgIpc) is 3.51. The van der Waals surface area contributed by atoms with Crippen LogP contribution in [0, 0.1) is 5.92 Å². The first kappa shape index (κ1) is 42.9. The fourth-order valence-electron chi connectivity index (χ4n) is 9.63. The number of carbonyl (C=O) groups is 2. The number of piperazine rings is 1. The smallest absolute Gasteiger partial charge is 0.329 e. The van der Waals surface area contributed by atoms with Gasteiger partial charge in [-0.25, -0.2) is 9.78 Å². The van der Waals surface area contributed by atoms with Crippen molar-refractivity contribution >= 4 is 81.4 Å². The van der Waals surface area contributed by atoms with Gasteiger partial charge in [0.15, 0.2) is 5.82 Å². The summed E-state index contributed by atoms with van der Waals surface area (Å²) in [6.07, 6.45) is 4.30. The molecule has 2 aromatic heterocycles. The van der Waals surface area contributed by atoms with E-state index in [2.05, 4.69) is 63.7 Å². The molecule has 16 nitrogen and oxygen atoms in total.